The first kappa shape index (κ1) is 8.43. The summed E-state index contributed by atoms with van der Waals surface area (Å²) < 4.78 is 1.98. The van der Waals surface area contributed by atoms with Crippen molar-refractivity contribution in [2.75, 3.05) is 0 Å². The summed E-state index contributed by atoms with van der Waals surface area (Å²) in [6.07, 6.45) is 3.57. The molecule has 44 valence electrons. The van der Waals surface area contributed by atoms with Gasteiger partial charge in [0.1, 0.15) is 0 Å². The van der Waals surface area contributed by atoms with Gasteiger partial charge < -0.3 is 0 Å². The SMILES string of the molecule is C=C/C=C(/Br)C(=C)I. The summed E-state index contributed by atoms with van der Waals surface area (Å²) in [5, 5.41) is 0. The lowest BCUT2D eigenvalue weighted by Crippen LogP contribution is -1.62. The molecule has 0 aliphatic rings. The molecule has 0 heterocycles. The van der Waals surface area contributed by atoms with Gasteiger partial charge in [0.15, 0.2) is 0 Å². The van der Waals surface area contributed by atoms with Gasteiger partial charge in [-0.15, -0.1) is 0 Å². The van der Waals surface area contributed by atoms with E-state index >= 15 is 0 Å². The first-order chi connectivity index (χ1) is 3.68. The summed E-state index contributed by atoms with van der Waals surface area (Å²) in [4.78, 5) is 0. The van der Waals surface area contributed by atoms with Crippen molar-refractivity contribution in [3.8, 4) is 0 Å². The maximum Gasteiger partial charge on any atom is 0.0302 e. The number of hydrogen-bond donors (Lipinski definition) is 0. The van der Waals surface area contributed by atoms with Crippen LogP contribution in [0.25, 0.3) is 0 Å². The van der Waals surface area contributed by atoms with E-state index in [0.717, 1.165) is 8.06 Å². The molecule has 0 fully saturated rings. The van der Waals surface area contributed by atoms with Gasteiger partial charge in [0.05, 0.1) is 0 Å². The van der Waals surface area contributed by atoms with Crippen LogP contribution in [0.2, 0.25) is 0 Å². The Morgan fingerprint density at radius 1 is 1.62 bits per heavy atom. The van der Waals surface area contributed by atoms with Gasteiger partial charge in [-0.1, -0.05) is 19.2 Å². The third kappa shape index (κ3) is 3.43. The highest BCUT2D eigenvalue weighted by Gasteiger charge is 1.87. The molecule has 0 aromatic heterocycles. The van der Waals surface area contributed by atoms with E-state index < -0.39 is 0 Å². The Morgan fingerprint density at radius 3 is 2.25 bits per heavy atom. The minimum Gasteiger partial charge on any atom is -0.0990 e. The molecule has 2 heteroatoms. The molecule has 0 saturated heterocycles. The quantitative estimate of drug-likeness (QED) is 0.539. The Morgan fingerprint density at radius 2 is 2.12 bits per heavy atom. The number of halogens is 2. The Hall–Kier alpha value is 0.430. The second-order valence-electron chi connectivity index (χ2n) is 1.16. The van der Waals surface area contributed by atoms with E-state index in [4.69, 9.17) is 0 Å². The number of allylic oxidation sites excluding steroid dienone is 4. The van der Waals surface area contributed by atoms with E-state index in [0.29, 0.717) is 0 Å². The Balaban J connectivity index is 3.99. The highest BCUT2D eigenvalue weighted by Crippen LogP contribution is 2.20. The highest BCUT2D eigenvalue weighted by molar-refractivity contribution is 14.1. The molecule has 0 nitrogen and oxygen atoms in total. The standard InChI is InChI=1S/C6H6BrI/c1-3-4-6(7)5(2)8/h3-4H,1-2H2/b6-4+. The van der Waals surface area contributed by atoms with Crippen molar-refractivity contribution in [3.05, 3.63) is 33.4 Å². The molecule has 0 saturated carbocycles. The lowest BCUT2D eigenvalue weighted by atomic mass is 10.5. The molecule has 0 aromatic carbocycles. The molecular weight excluding hydrogens is 279 g/mol. The van der Waals surface area contributed by atoms with Gasteiger partial charge in [0, 0.05) is 8.06 Å². The zero-order valence-electron chi connectivity index (χ0n) is 4.32. The maximum absolute atomic E-state index is 3.70. The molecule has 0 radical (unpaired) electrons. The van der Waals surface area contributed by atoms with Gasteiger partial charge in [-0.3, -0.25) is 0 Å². The predicted octanol–water partition coefficient (Wildman–Crippen LogP) is 3.40. The number of hydrogen-bond acceptors (Lipinski definition) is 0. The molecule has 0 N–H and O–H groups in total. The average molecular weight is 285 g/mol. The lowest BCUT2D eigenvalue weighted by Gasteiger charge is -1.88. The van der Waals surface area contributed by atoms with Crippen LogP contribution >= 0.6 is 38.5 Å². The van der Waals surface area contributed by atoms with Gasteiger partial charge in [-0.05, 0) is 44.6 Å². The maximum atomic E-state index is 3.70. The second kappa shape index (κ2) is 4.32. The Labute approximate surface area is 71.6 Å². The van der Waals surface area contributed by atoms with E-state index in [2.05, 4.69) is 51.7 Å². The molecule has 0 atom stereocenters. The van der Waals surface area contributed by atoms with E-state index in [-0.39, 0.29) is 0 Å². The smallest absolute Gasteiger partial charge is 0.0302 e. The molecule has 0 unspecified atom stereocenters. The normalized spacial score (nSPS) is 11.0. The first-order valence-electron chi connectivity index (χ1n) is 2.01. The van der Waals surface area contributed by atoms with Crippen molar-refractivity contribution < 1.29 is 0 Å². The molecule has 0 rings (SSSR count). The summed E-state index contributed by atoms with van der Waals surface area (Å²) in [5.74, 6) is 0. The van der Waals surface area contributed by atoms with Crippen molar-refractivity contribution >= 4 is 38.5 Å². The van der Waals surface area contributed by atoms with Crippen LogP contribution in [0.1, 0.15) is 0 Å². The monoisotopic (exact) mass is 284 g/mol. The minimum absolute atomic E-state index is 0.988. The fourth-order valence-electron chi connectivity index (χ4n) is 0.194. The van der Waals surface area contributed by atoms with Crippen LogP contribution < -0.4 is 0 Å². The molecule has 0 aliphatic carbocycles. The van der Waals surface area contributed by atoms with Crippen LogP contribution in [0.4, 0.5) is 0 Å². The fraction of sp³-hybridized carbons (Fsp3) is 0. The third-order valence-corrected chi connectivity index (χ3v) is 2.59. The van der Waals surface area contributed by atoms with Gasteiger partial charge in [0.25, 0.3) is 0 Å². The van der Waals surface area contributed by atoms with E-state index in [1.165, 1.54) is 0 Å². The van der Waals surface area contributed by atoms with Gasteiger partial charge in [-0.25, -0.2) is 0 Å². The largest absolute Gasteiger partial charge is 0.0990 e. The first-order valence-corrected chi connectivity index (χ1v) is 3.88. The molecule has 0 amide bonds. The van der Waals surface area contributed by atoms with Crippen molar-refractivity contribution in [1.29, 1.82) is 0 Å². The van der Waals surface area contributed by atoms with Crippen molar-refractivity contribution in [2.24, 2.45) is 0 Å². The van der Waals surface area contributed by atoms with Crippen LogP contribution in [0.3, 0.4) is 0 Å². The molecule has 0 bridgehead atoms. The predicted molar refractivity (Wildman–Crippen MR) is 50.4 cm³/mol. The van der Waals surface area contributed by atoms with Crippen LogP contribution in [0.5, 0.6) is 0 Å². The molecule has 0 spiro atoms. The Kier molecular flexibility index (Phi) is 4.56. The van der Waals surface area contributed by atoms with Gasteiger partial charge in [0.2, 0.25) is 0 Å². The molecule has 0 aromatic rings. The Bertz CT molecular complexity index is 135. The summed E-state index contributed by atoms with van der Waals surface area (Å²) in [6, 6.07) is 0. The van der Waals surface area contributed by atoms with Crippen molar-refractivity contribution in [2.45, 2.75) is 0 Å². The second-order valence-corrected chi connectivity index (χ2v) is 3.31. The average Bonchev–Trinajstić information content (AvgIpc) is 1.67. The molecular formula is C6H6BrI. The summed E-state index contributed by atoms with van der Waals surface area (Å²) in [5.41, 5.74) is 0. The van der Waals surface area contributed by atoms with Crippen molar-refractivity contribution in [1.82, 2.24) is 0 Å². The summed E-state index contributed by atoms with van der Waals surface area (Å²) in [7, 11) is 0. The molecule has 8 heavy (non-hydrogen) atoms. The van der Waals surface area contributed by atoms with Crippen molar-refractivity contribution in [3.63, 3.8) is 0 Å². The lowest BCUT2D eigenvalue weighted by molar-refractivity contribution is 1.92. The fourth-order valence-corrected chi connectivity index (χ4v) is 0.561. The third-order valence-electron chi connectivity index (χ3n) is 0.523. The topological polar surface area (TPSA) is 0 Å². The van der Waals surface area contributed by atoms with Crippen LogP contribution in [0.15, 0.2) is 33.4 Å². The zero-order valence-corrected chi connectivity index (χ0v) is 8.07. The zero-order chi connectivity index (χ0) is 6.57. The minimum atomic E-state index is 0.988. The van der Waals surface area contributed by atoms with Crippen LogP contribution in [0, 0.1) is 0 Å². The van der Waals surface area contributed by atoms with E-state index in [9.17, 15) is 0 Å². The summed E-state index contributed by atoms with van der Waals surface area (Å²) in [6.45, 7) is 7.23. The highest BCUT2D eigenvalue weighted by atomic mass is 127. The van der Waals surface area contributed by atoms with Gasteiger partial charge >= 0.3 is 0 Å². The van der Waals surface area contributed by atoms with E-state index in [1.54, 1.807) is 6.08 Å². The summed E-state index contributed by atoms with van der Waals surface area (Å²) >= 11 is 5.42. The number of rotatable bonds is 2. The molecule has 0 aliphatic heterocycles. The van der Waals surface area contributed by atoms with Crippen LogP contribution in [-0.4, -0.2) is 0 Å². The van der Waals surface area contributed by atoms with Crippen LogP contribution in [-0.2, 0) is 0 Å². The van der Waals surface area contributed by atoms with E-state index in [1.807, 2.05) is 6.08 Å². The van der Waals surface area contributed by atoms with Gasteiger partial charge in [-0.2, -0.15) is 0 Å².